The Balaban J connectivity index is 1.71. The van der Waals surface area contributed by atoms with E-state index >= 15 is 0 Å². The molecule has 0 bridgehead atoms. The molecule has 0 unspecified atom stereocenters. The van der Waals surface area contributed by atoms with E-state index < -0.39 is 0 Å². The highest BCUT2D eigenvalue weighted by Gasteiger charge is 2.19. The van der Waals surface area contributed by atoms with Crippen LogP contribution in [0.25, 0.3) is 21.8 Å². The first kappa shape index (κ1) is 17.4. The minimum atomic E-state index is 0.00434. The fraction of sp³-hybridized carbons (Fsp3) is 0.227. The second-order valence-corrected chi connectivity index (χ2v) is 7.17. The van der Waals surface area contributed by atoms with Crippen molar-refractivity contribution in [3.05, 3.63) is 66.5 Å². The number of aromatic amines is 1. The fourth-order valence-electron chi connectivity index (χ4n) is 3.46. The molecule has 2 aromatic heterocycles. The zero-order valence-electron chi connectivity index (χ0n) is 15.9. The maximum Gasteiger partial charge on any atom is 0.260 e. The Kier molecular flexibility index (Phi) is 4.46. The largest absolute Gasteiger partial charge is 0.361 e. The van der Waals surface area contributed by atoms with Gasteiger partial charge in [0.25, 0.3) is 5.91 Å². The molecule has 4 aromatic rings. The van der Waals surface area contributed by atoms with Gasteiger partial charge in [-0.05, 0) is 44.4 Å². The molecule has 27 heavy (non-hydrogen) atoms. The number of hydrogen-bond acceptors (Lipinski definition) is 2. The van der Waals surface area contributed by atoms with Crippen molar-refractivity contribution >= 4 is 33.4 Å². The number of hydrogen-bond donors (Lipinski definition) is 1. The standard InChI is InChI=1S/C22H24N4O/c1-24(2)12-13-26-15-19(18-6-4-5-7-21(18)26)22(27)25(3)17-8-9-20-16(14-17)10-11-23-20/h4-11,14-15,23H,12-13H2,1-3H3. The van der Waals surface area contributed by atoms with Crippen LogP contribution in [0.2, 0.25) is 0 Å². The molecule has 0 radical (unpaired) electrons. The average molecular weight is 360 g/mol. The quantitative estimate of drug-likeness (QED) is 0.585. The Bertz CT molecular complexity index is 1110. The summed E-state index contributed by atoms with van der Waals surface area (Å²) in [5, 5.41) is 2.09. The predicted octanol–water partition coefficient (Wildman–Crippen LogP) is 3.96. The molecule has 0 aliphatic rings. The first-order chi connectivity index (χ1) is 13.0. The van der Waals surface area contributed by atoms with Gasteiger partial charge < -0.3 is 19.4 Å². The molecule has 0 aliphatic carbocycles. The van der Waals surface area contributed by atoms with Crippen molar-refractivity contribution in [2.45, 2.75) is 6.54 Å². The third-order valence-corrected chi connectivity index (χ3v) is 5.04. The van der Waals surface area contributed by atoms with E-state index in [2.05, 4.69) is 34.6 Å². The number of likely N-dealkylation sites (N-methyl/N-ethyl adjacent to an activating group) is 1. The molecule has 2 aromatic carbocycles. The number of nitrogens with one attached hydrogen (secondary N) is 1. The van der Waals surface area contributed by atoms with Gasteiger partial charge >= 0.3 is 0 Å². The molecule has 0 atom stereocenters. The van der Waals surface area contributed by atoms with Crippen LogP contribution in [0.3, 0.4) is 0 Å². The molecule has 0 spiro atoms. The van der Waals surface area contributed by atoms with Gasteiger partial charge in [-0.15, -0.1) is 0 Å². The summed E-state index contributed by atoms with van der Waals surface area (Å²) in [5.74, 6) is 0.00434. The van der Waals surface area contributed by atoms with Gasteiger partial charge in [0, 0.05) is 60.0 Å². The highest BCUT2D eigenvalue weighted by Crippen LogP contribution is 2.26. The summed E-state index contributed by atoms with van der Waals surface area (Å²) in [6.07, 6.45) is 3.90. The summed E-state index contributed by atoms with van der Waals surface area (Å²) in [7, 11) is 5.95. The van der Waals surface area contributed by atoms with Gasteiger partial charge in [0.05, 0.1) is 5.56 Å². The molecule has 1 N–H and O–H groups in total. The Labute approximate surface area is 158 Å². The van der Waals surface area contributed by atoms with E-state index in [9.17, 15) is 4.79 Å². The zero-order valence-corrected chi connectivity index (χ0v) is 15.9. The topological polar surface area (TPSA) is 44.3 Å². The van der Waals surface area contributed by atoms with Crippen molar-refractivity contribution < 1.29 is 4.79 Å². The molecule has 2 heterocycles. The minimum absolute atomic E-state index is 0.00434. The number of amides is 1. The van der Waals surface area contributed by atoms with Crippen molar-refractivity contribution in [2.24, 2.45) is 0 Å². The molecule has 5 heteroatoms. The zero-order chi connectivity index (χ0) is 19.0. The summed E-state index contributed by atoms with van der Waals surface area (Å²) < 4.78 is 2.17. The molecule has 5 nitrogen and oxygen atoms in total. The average Bonchev–Trinajstić information content (AvgIpc) is 3.29. The van der Waals surface area contributed by atoms with E-state index in [0.29, 0.717) is 0 Å². The molecule has 0 fully saturated rings. The normalized spacial score (nSPS) is 11.6. The van der Waals surface area contributed by atoms with Crippen molar-refractivity contribution in [3.8, 4) is 0 Å². The van der Waals surface area contributed by atoms with Crippen LogP contribution < -0.4 is 4.90 Å². The van der Waals surface area contributed by atoms with Gasteiger partial charge in [-0.3, -0.25) is 4.79 Å². The molecule has 0 aliphatic heterocycles. The van der Waals surface area contributed by atoms with Crippen molar-refractivity contribution in [1.82, 2.24) is 14.5 Å². The van der Waals surface area contributed by atoms with Gasteiger partial charge in [0.2, 0.25) is 0 Å². The number of carbonyl (C=O) groups excluding carboxylic acids is 1. The van der Waals surface area contributed by atoms with Gasteiger partial charge in [-0.2, -0.15) is 0 Å². The van der Waals surface area contributed by atoms with Crippen LogP contribution in [0.1, 0.15) is 10.4 Å². The van der Waals surface area contributed by atoms with E-state index in [-0.39, 0.29) is 5.91 Å². The number of para-hydroxylation sites is 1. The Morgan fingerprint density at radius 3 is 2.70 bits per heavy atom. The Morgan fingerprint density at radius 1 is 1.07 bits per heavy atom. The van der Waals surface area contributed by atoms with Crippen LogP contribution in [0, 0.1) is 0 Å². The predicted molar refractivity (Wildman–Crippen MR) is 112 cm³/mol. The summed E-state index contributed by atoms with van der Waals surface area (Å²) in [6.45, 7) is 1.77. The fourth-order valence-corrected chi connectivity index (χ4v) is 3.46. The molecular weight excluding hydrogens is 336 g/mol. The molecule has 1 amide bonds. The van der Waals surface area contributed by atoms with Crippen LogP contribution in [0.5, 0.6) is 0 Å². The lowest BCUT2D eigenvalue weighted by molar-refractivity contribution is 0.0994. The number of anilines is 1. The van der Waals surface area contributed by atoms with Crippen molar-refractivity contribution in [3.63, 3.8) is 0 Å². The minimum Gasteiger partial charge on any atom is -0.361 e. The number of fused-ring (bicyclic) bond motifs is 2. The first-order valence-electron chi connectivity index (χ1n) is 9.12. The third kappa shape index (κ3) is 3.22. The maximum atomic E-state index is 13.3. The van der Waals surface area contributed by atoms with Crippen LogP contribution in [-0.2, 0) is 6.54 Å². The SMILES string of the molecule is CN(C)CCn1cc(C(=O)N(C)c2ccc3[nH]ccc3c2)c2ccccc21. The van der Waals surface area contributed by atoms with E-state index in [1.807, 2.05) is 61.9 Å². The number of aromatic nitrogens is 2. The van der Waals surface area contributed by atoms with E-state index in [4.69, 9.17) is 0 Å². The van der Waals surface area contributed by atoms with Crippen molar-refractivity contribution in [2.75, 3.05) is 32.6 Å². The number of carbonyl (C=O) groups is 1. The summed E-state index contributed by atoms with van der Waals surface area (Å²) in [5.41, 5.74) is 3.79. The number of nitrogens with zero attached hydrogens (tertiary/aromatic N) is 3. The lowest BCUT2D eigenvalue weighted by Crippen LogP contribution is -2.26. The second kappa shape index (κ2) is 6.93. The molecule has 4 rings (SSSR count). The second-order valence-electron chi connectivity index (χ2n) is 7.17. The van der Waals surface area contributed by atoms with E-state index in [0.717, 1.165) is 46.1 Å². The smallest absolute Gasteiger partial charge is 0.260 e. The number of H-pyrrole nitrogens is 1. The lowest BCUT2D eigenvalue weighted by atomic mass is 10.1. The highest BCUT2D eigenvalue weighted by molar-refractivity contribution is 6.14. The van der Waals surface area contributed by atoms with Crippen LogP contribution in [0.4, 0.5) is 5.69 Å². The summed E-state index contributed by atoms with van der Waals surface area (Å²) in [4.78, 5) is 20.3. The monoisotopic (exact) mass is 360 g/mol. The Hall–Kier alpha value is -3.05. The van der Waals surface area contributed by atoms with Crippen molar-refractivity contribution in [1.29, 1.82) is 0 Å². The van der Waals surface area contributed by atoms with Crippen LogP contribution in [0.15, 0.2) is 60.9 Å². The molecule has 138 valence electrons. The number of rotatable bonds is 5. The van der Waals surface area contributed by atoms with Crippen LogP contribution in [-0.4, -0.2) is 48.0 Å². The Morgan fingerprint density at radius 2 is 1.89 bits per heavy atom. The van der Waals surface area contributed by atoms with Gasteiger partial charge in [0.15, 0.2) is 0 Å². The van der Waals surface area contributed by atoms with Gasteiger partial charge in [-0.1, -0.05) is 18.2 Å². The maximum absolute atomic E-state index is 13.3. The van der Waals surface area contributed by atoms with Crippen LogP contribution >= 0.6 is 0 Å². The highest BCUT2D eigenvalue weighted by atomic mass is 16.2. The molecular formula is C22H24N4O. The molecule has 0 saturated carbocycles. The summed E-state index contributed by atoms with van der Waals surface area (Å²) >= 11 is 0. The third-order valence-electron chi connectivity index (χ3n) is 5.04. The van der Waals surface area contributed by atoms with Gasteiger partial charge in [0.1, 0.15) is 0 Å². The van der Waals surface area contributed by atoms with E-state index in [1.54, 1.807) is 4.90 Å². The molecule has 0 saturated heterocycles. The summed E-state index contributed by atoms with van der Waals surface area (Å²) in [6, 6.07) is 16.1. The van der Waals surface area contributed by atoms with Gasteiger partial charge in [-0.25, -0.2) is 0 Å². The lowest BCUT2D eigenvalue weighted by Gasteiger charge is -2.17. The first-order valence-corrected chi connectivity index (χ1v) is 9.12. The van der Waals surface area contributed by atoms with E-state index in [1.165, 1.54) is 0 Å². The number of benzene rings is 2.